The summed E-state index contributed by atoms with van der Waals surface area (Å²) in [5.41, 5.74) is 2.24. The molecule has 0 amide bonds. The lowest BCUT2D eigenvalue weighted by Gasteiger charge is -2.40. The number of piperazine rings is 1. The molecule has 0 atom stereocenters. The molecule has 0 bridgehead atoms. The molecule has 162 valence electrons. The van der Waals surface area contributed by atoms with Gasteiger partial charge in [0.2, 0.25) is 10.0 Å². The topological polar surface area (TPSA) is 54.3 Å². The van der Waals surface area contributed by atoms with Crippen molar-refractivity contribution in [2.75, 3.05) is 51.3 Å². The molecule has 4 rings (SSSR count). The van der Waals surface area contributed by atoms with Crippen molar-refractivity contribution < 1.29 is 18.1 Å². The van der Waals surface area contributed by atoms with Gasteiger partial charge in [-0.2, -0.15) is 4.31 Å². The Morgan fingerprint density at radius 3 is 2.20 bits per heavy atom. The van der Waals surface area contributed by atoms with E-state index in [-0.39, 0.29) is 0 Å². The van der Waals surface area contributed by atoms with E-state index in [9.17, 15) is 8.42 Å². The first kappa shape index (κ1) is 21.2. The number of nitrogens with one attached hydrogen (secondary N) is 1. The van der Waals surface area contributed by atoms with Crippen molar-refractivity contribution in [3.05, 3.63) is 54.1 Å². The van der Waals surface area contributed by atoms with Crippen molar-refractivity contribution >= 4 is 15.7 Å². The Hall–Kier alpha value is -2.09. The Labute approximate surface area is 180 Å². The first-order chi connectivity index (χ1) is 14.5. The molecule has 2 heterocycles. The molecule has 0 radical (unpaired) electrons. The number of sulfonamides is 1. The van der Waals surface area contributed by atoms with Crippen molar-refractivity contribution in [1.82, 2.24) is 4.31 Å². The lowest BCUT2D eigenvalue weighted by atomic mass is 10.0. The summed E-state index contributed by atoms with van der Waals surface area (Å²) in [7, 11) is -1.66. The van der Waals surface area contributed by atoms with Crippen LogP contribution in [0.1, 0.15) is 18.4 Å². The van der Waals surface area contributed by atoms with Crippen LogP contribution < -0.4 is 14.5 Å². The molecule has 0 aliphatic carbocycles. The molecule has 0 saturated carbocycles. The molecule has 30 heavy (non-hydrogen) atoms. The number of hydrogen-bond acceptors (Lipinski definition) is 4. The summed E-state index contributed by atoms with van der Waals surface area (Å²) in [6.45, 7) is 7.34. The first-order valence-corrected chi connectivity index (χ1v) is 12.2. The summed E-state index contributed by atoms with van der Waals surface area (Å²) in [6, 6.07) is 15.9. The number of quaternary nitrogens is 1. The molecule has 6 nitrogen and oxygen atoms in total. The predicted octanol–water partition coefficient (Wildman–Crippen LogP) is 1.56. The molecule has 0 aromatic heterocycles. The fourth-order valence-corrected chi connectivity index (χ4v) is 6.17. The maximum atomic E-state index is 12.9. The fraction of sp³-hybridized carbons (Fsp3) is 0.478. The zero-order chi connectivity index (χ0) is 21.1. The molecular weight excluding hydrogens is 398 g/mol. The van der Waals surface area contributed by atoms with Crippen LogP contribution in [0, 0.1) is 6.92 Å². The van der Waals surface area contributed by atoms with E-state index in [0.29, 0.717) is 24.0 Å². The highest BCUT2D eigenvalue weighted by Gasteiger charge is 2.35. The third kappa shape index (κ3) is 4.33. The van der Waals surface area contributed by atoms with E-state index < -0.39 is 10.0 Å². The number of aryl methyl sites for hydroxylation is 1. The van der Waals surface area contributed by atoms with Gasteiger partial charge in [-0.05, 0) is 31.2 Å². The highest BCUT2D eigenvalue weighted by atomic mass is 32.2. The van der Waals surface area contributed by atoms with Crippen LogP contribution in [0.5, 0.6) is 5.75 Å². The van der Waals surface area contributed by atoms with Crippen LogP contribution in [0.15, 0.2) is 53.4 Å². The summed E-state index contributed by atoms with van der Waals surface area (Å²) in [5.74, 6) is 0.926. The van der Waals surface area contributed by atoms with Gasteiger partial charge >= 0.3 is 0 Å². The molecule has 2 aliphatic rings. The van der Waals surface area contributed by atoms with Gasteiger partial charge in [-0.15, -0.1) is 0 Å². The minimum Gasteiger partial charge on any atom is -0.495 e. The quantitative estimate of drug-likeness (QED) is 0.782. The number of ether oxygens (including phenoxy) is 1. The summed E-state index contributed by atoms with van der Waals surface area (Å²) < 4.78 is 33.1. The molecule has 2 saturated heterocycles. The van der Waals surface area contributed by atoms with Gasteiger partial charge < -0.3 is 14.5 Å². The SMILES string of the molecule is COc1ccccc1N1CC[NH+](C2CCN(S(=O)(=O)c3ccc(C)cc3)CC2)CC1. The molecule has 7 heteroatoms. The maximum absolute atomic E-state index is 12.9. The van der Waals surface area contributed by atoms with Crippen LogP contribution >= 0.6 is 0 Å². The zero-order valence-corrected chi connectivity index (χ0v) is 18.7. The lowest BCUT2D eigenvalue weighted by Crippen LogP contribution is -3.18. The van der Waals surface area contributed by atoms with E-state index in [1.54, 1.807) is 28.4 Å². The monoisotopic (exact) mass is 430 g/mol. The molecule has 2 aromatic carbocycles. The van der Waals surface area contributed by atoms with E-state index in [1.807, 2.05) is 31.2 Å². The van der Waals surface area contributed by atoms with Crippen LogP contribution in [0.4, 0.5) is 5.69 Å². The Morgan fingerprint density at radius 1 is 0.933 bits per heavy atom. The molecule has 2 fully saturated rings. The third-order valence-corrected chi connectivity index (χ3v) is 8.43. The first-order valence-electron chi connectivity index (χ1n) is 10.8. The van der Waals surface area contributed by atoms with Crippen LogP contribution in [0.3, 0.4) is 0 Å². The minimum absolute atomic E-state index is 0.407. The molecule has 0 spiro atoms. The highest BCUT2D eigenvalue weighted by molar-refractivity contribution is 7.89. The van der Waals surface area contributed by atoms with E-state index >= 15 is 0 Å². The molecule has 0 unspecified atom stereocenters. The number of benzene rings is 2. The molecular formula is C23H32N3O3S+. The van der Waals surface area contributed by atoms with E-state index in [1.165, 1.54) is 0 Å². The number of hydrogen-bond donors (Lipinski definition) is 1. The van der Waals surface area contributed by atoms with Gasteiger partial charge in [0.1, 0.15) is 5.75 Å². The van der Waals surface area contributed by atoms with Crippen molar-refractivity contribution in [1.29, 1.82) is 0 Å². The number of rotatable bonds is 5. The van der Waals surface area contributed by atoms with Crippen molar-refractivity contribution in [3.63, 3.8) is 0 Å². The number of anilines is 1. The third-order valence-electron chi connectivity index (χ3n) is 6.52. The number of nitrogens with zero attached hydrogens (tertiary/aromatic N) is 2. The largest absolute Gasteiger partial charge is 0.495 e. The average molecular weight is 431 g/mol. The van der Waals surface area contributed by atoms with Crippen molar-refractivity contribution in [3.8, 4) is 5.75 Å². The Balaban J connectivity index is 1.32. The van der Waals surface area contributed by atoms with Gasteiger partial charge in [0, 0.05) is 25.9 Å². The maximum Gasteiger partial charge on any atom is 0.243 e. The van der Waals surface area contributed by atoms with E-state index in [4.69, 9.17) is 4.74 Å². The number of methoxy groups -OCH3 is 1. The van der Waals surface area contributed by atoms with Gasteiger partial charge in [0.15, 0.2) is 0 Å². The van der Waals surface area contributed by atoms with Gasteiger partial charge in [0.05, 0.1) is 49.9 Å². The summed E-state index contributed by atoms with van der Waals surface area (Å²) in [6.07, 6.45) is 1.85. The molecule has 2 aromatic rings. The zero-order valence-electron chi connectivity index (χ0n) is 17.9. The van der Waals surface area contributed by atoms with Gasteiger partial charge in [0.25, 0.3) is 0 Å². The summed E-state index contributed by atoms with van der Waals surface area (Å²) in [5, 5.41) is 0. The second kappa shape index (κ2) is 8.96. The second-order valence-corrected chi connectivity index (χ2v) is 10.2. The lowest BCUT2D eigenvalue weighted by molar-refractivity contribution is -0.927. The normalized spacial score (nSPS) is 19.7. The van der Waals surface area contributed by atoms with Crippen LogP contribution in [-0.4, -0.2) is 65.1 Å². The highest BCUT2D eigenvalue weighted by Crippen LogP contribution is 2.27. The number of para-hydroxylation sites is 2. The van der Waals surface area contributed by atoms with Crippen LogP contribution in [-0.2, 0) is 10.0 Å². The van der Waals surface area contributed by atoms with E-state index in [2.05, 4.69) is 17.0 Å². The Morgan fingerprint density at radius 2 is 1.57 bits per heavy atom. The van der Waals surface area contributed by atoms with Gasteiger partial charge in [-0.3, -0.25) is 0 Å². The van der Waals surface area contributed by atoms with Gasteiger partial charge in [-0.1, -0.05) is 29.8 Å². The van der Waals surface area contributed by atoms with Crippen molar-refractivity contribution in [2.45, 2.75) is 30.7 Å². The average Bonchev–Trinajstić information content (AvgIpc) is 2.79. The Bertz CT molecular complexity index is 946. The Kier molecular flexibility index (Phi) is 6.32. The predicted molar refractivity (Wildman–Crippen MR) is 119 cm³/mol. The second-order valence-electron chi connectivity index (χ2n) is 8.31. The standard InChI is InChI=1S/C23H31N3O3S/c1-19-7-9-21(10-8-19)30(27,28)26-13-11-20(12-14-26)24-15-17-25(18-16-24)22-5-3-4-6-23(22)29-2/h3-10,20H,11-18H2,1-2H3/p+1. The number of piperidine rings is 1. The summed E-state index contributed by atoms with van der Waals surface area (Å²) >= 11 is 0. The molecule has 1 N–H and O–H groups in total. The smallest absolute Gasteiger partial charge is 0.243 e. The molecule has 2 aliphatic heterocycles. The summed E-state index contributed by atoms with van der Waals surface area (Å²) in [4.78, 5) is 4.41. The van der Waals surface area contributed by atoms with Crippen LogP contribution in [0.2, 0.25) is 0 Å². The van der Waals surface area contributed by atoms with Crippen molar-refractivity contribution in [2.24, 2.45) is 0 Å². The fourth-order valence-electron chi connectivity index (χ4n) is 4.70. The van der Waals surface area contributed by atoms with Gasteiger partial charge in [-0.25, -0.2) is 8.42 Å². The minimum atomic E-state index is -3.38. The van der Waals surface area contributed by atoms with Crippen LogP contribution in [0.25, 0.3) is 0 Å². The van der Waals surface area contributed by atoms with E-state index in [0.717, 1.165) is 56.0 Å².